The fourth-order valence-electron chi connectivity index (χ4n) is 2.66. The summed E-state index contributed by atoms with van der Waals surface area (Å²) in [7, 11) is 6.14. The largest absolute Gasteiger partial charge is 0.361 e. The molecule has 2 aromatic heterocycles. The highest BCUT2D eigenvalue weighted by Gasteiger charge is 2.21. The molecule has 19 heavy (non-hydrogen) atoms. The summed E-state index contributed by atoms with van der Waals surface area (Å²) in [6.45, 7) is 0. The Bertz CT molecular complexity index is 693. The zero-order valence-electron chi connectivity index (χ0n) is 11.5. The number of aryl methyl sites for hydroxylation is 1. The topological polar surface area (TPSA) is 36.9 Å². The molecule has 1 aromatic carbocycles. The normalized spacial score (nSPS) is 13.3. The molecule has 0 radical (unpaired) electrons. The summed E-state index contributed by atoms with van der Waals surface area (Å²) in [5.74, 6) is 0. The Kier molecular flexibility index (Phi) is 2.87. The fraction of sp³-hybridized carbons (Fsp3) is 0.267. The number of rotatable bonds is 3. The van der Waals surface area contributed by atoms with Gasteiger partial charge in [-0.05, 0) is 25.7 Å². The van der Waals surface area contributed by atoms with E-state index in [-0.39, 0.29) is 6.04 Å². The van der Waals surface area contributed by atoms with Crippen LogP contribution < -0.4 is 0 Å². The van der Waals surface area contributed by atoms with Gasteiger partial charge in [-0.2, -0.15) is 5.10 Å². The van der Waals surface area contributed by atoms with E-state index in [1.54, 1.807) is 0 Å². The van der Waals surface area contributed by atoms with Crippen LogP contribution in [0.25, 0.3) is 10.9 Å². The molecule has 1 atom stereocenters. The molecule has 98 valence electrons. The summed E-state index contributed by atoms with van der Waals surface area (Å²) < 4.78 is 1.85. The summed E-state index contributed by atoms with van der Waals surface area (Å²) in [5.41, 5.74) is 3.67. The minimum Gasteiger partial charge on any atom is -0.361 e. The zero-order valence-corrected chi connectivity index (χ0v) is 11.5. The molecule has 2 heterocycles. The molecular formula is C15H18N4. The first-order chi connectivity index (χ1) is 9.16. The third-order valence-electron chi connectivity index (χ3n) is 3.47. The van der Waals surface area contributed by atoms with Crippen molar-refractivity contribution in [2.75, 3.05) is 14.1 Å². The maximum Gasteiger partial charge on any atom is 0.0649 e. The van der Waals surface area contributed by atoms with E-state index in [0.29, 0.717) is 0 Å². The lowest BCUT2D eigenvalue weighted by Crippen LogP contribution is -2.20. The van der Waals surface area contributed by atoms with Crippen molar-refractivity contribution in [3.05, 3.63) is 54.0 Å². The summed E-state index contributed by atoms with van der Waals surface area (Å²) in [5, 5.41) is 5.56. The van der Waals surface area contributed by atoms with Crippen LogP contribution in [0.4, 0.5) is 0 Å². The van der Waals surface area contributed by atoms with Gasteiger partial charge in [-0.1, -0.05) is 18.2 Å². The Hall–Kier alpha value is -2.07. The number of para-hydroxylation sites is 1. The van der Waals surface area contributed by atoms with Crippen molar-refractivity contribution in [3.63, 3.8) is 0 Å². The van der Waals surface area contributed by atoms with Crippen LogP contribution >= 0.6 is 0 Å². The van der Waals surface area contributed by atoms with E-state index in [0.717, 1.165) is 0 Å². The number of nitrogens with one attached hydrogen (secondary N) is 1. The maximum absolute atomic E-state index is 4.29. The van der Waals surface area contributed by atoms with E-state index in [9.17, 15) is 0 Å². The van der Waals surface area contributed by atoms with Crippen LogP contribution in [-0.2, 0) is 7.05 Å². The predicted molar refractivity (Wildman–Crippen MR) is 77.0 cm³/mol. The summed E-state index contributed by atoms with van der Waals surface area (Å²) in [6, 6.07) is 8.61. The molecule has 0 aliphatic carbocycles. The van der Waals surface area contributed by atoms with Crippen LogP contribution in [0.1, 0.15) is 17.2 Å². The van der Waals surface area contributed by atoms with Gasteiger partial charge in [0.1, 0.15) is 0 Å². The van der Waals surface area contributed by atoms with Gasteiger partial charge in [-0.15, -0.1) is 0 Å². The molecule has 0 spiro atoms. The van der Waals surface area contributed by atoms with Crippen molar-refractivity contribution in [2.45, 2.75) is 6.04 Å². The highest BCUT2D eigenvalue weighted by atomic mass is 15.2. The van der Waals surface area contributed by atoms with Crippen molar-refractivity contribution < 1.29 is 0 Å². The van der Waals surface area contributed by atoms with Crippen molar-refractivity contribution in [1.82, 2.24) is 19.7 Å². The van der Waals surface area contributed by atoms with Gasteiger partial charge in [0.25, 0.3) is 0 Å². The standard InChI is InChI=1S/C15H18N4/c1-18(2)15(11-8-17-19(3)10-11)13-9-16-14-7-5-4-6-12(13)14/h4-10,15-16H,1-3H3. The smallest absolute Gasteiger partial charge is 0.0649 e. The van der Waals surface area contributed by atoms with Crippen LogP contribution in [0.2, 0.25) is 0 Å². The monoisotopic (exact) mass is 254 g/mol. The molecular weight excluding hydrogens is 236 g/mol. The molecule has 3 aromatic rings. The zero-order chi connectivity index (χ0) is 13.4. The number of hydrogen-bond acceptors (Lipinski definition) is 2. The first-order valence-corrected chi connectivity index (χ1v) is 6.38. The van der Waals surface area contributed by atoms with Crippen LogP contribution in [0.5, 0.6) is 0 Å². The Labute approximate surface area is 112 Å². The minimum atomic E-state index is 0.213. The molecule has 0 saturated carbocycles. The number of fused-ring (bicyclic) bond motifs is 1. The quantitative estimate of drug-likeness (QED) is 0.780. The van der Waals surface area contributed by atoms with E-state index < -0.39 is 0 Å². The number of benzene rings is 1. The molecule has 1 unspecified atom stereocenters. The summed E-state index contributed by atoms with van der Waals surface area (Å²) in [6.07, 6.45) is 6.11. The number of nitrogens with zero attached hydrogens (tertiary/aromatic N) is 3. The van der Waals surface area contributed by atoms with Crippen molar-refractivity contribution >= 4 is 10.9 Å². The molecule has 4 heteroatoms. The maximum atomic E-state index is 4.29. The van der Waals surface area contributed by atoms with Gasteiger partial charge < -0.3 is 4.98 Å². The number of aromatic nitrogens is 3. The average Bonchev–Trinajstić information content (AvgIpc) is 2.98. The molecule has 3 rings (SSSR count). The van der Waals surface area contributed by atoms with Gasteiger partial charge in [0.05, 0.1) is 12.2 Å². The number of aromatic amines is 1. The second-order valence-corrected chi connectivity index (χ2v) is 5.10. The van der Waals surface area contributed by atoms with Crippen molar-refractivity contribution in [3.8, 4) is 0 Å². The second kappa shape index (κ2) is 4.55. The highest BCUT2D eigenvalue weighted by molar-refractivity contribution is 5.84. The van der Waals surface area contributed by atoms with Gasteiger partial charge in [-0.25, -0.2) is 0 Å². The van der Waals surface area contributed by atoms with Crippen LogP contribution in [-0.4, -0.2) is 33.8 Å². The van der Waals surface area contributed by atoms with Crippen molar-refractivity contribution in [2.24, 2.45) is 7.05 Å². The van der Waals surface area contributed by atoms with E-state index >= 15 is 0 Å². The lowest BCUT2D eigenvalue weighted by molar-refractivity contribution is 0.344. The van der Waals surface area contributed by atoms with Gasteiger partial charge >= 0.3 is 0 Å². The third-order valence-corrected chi connectivity index (χ3v) is 3.47. The second-order valence-electron chi connectivity index (χ2n) is 5.10. The molecule has 1 N–H and O–H groups in total. The molecule has 0 aliphatic heterocycles. The average molecular weight is 254 g/mol. The lowest BCUT2D eigenvalue weighted by Gasteiger charge is -2.23. The molecule has 0 saturated heterocycles. The Morgan fingerprint density at radius 1 is 1.26 bits per heavy atom. The Morgan fingerprint density at radius 3 is 2.74 bits per heavy atom. The van der Waals surface area contributed by atoms with Crippen LogP contribution in [0.15, 0.2) is 42.9 Å². The first-order valence-electron chi connectivity index (χ1n) is 6.38. The summed E-state index contributed by atoms with van der Waals surface area (Å²) >= 11 is 0. The first kappa shape index (κ1) is 12.0. The molecule has 0 fully saturated rings. The van der Waals surface area contributed by atoms with Crippen LogP contribution in [0, 0.1) is 0 Å². The van der Waals surface area contributed by atoms with Crippen molar-refractivity contribution in [1.29, 1.82) is 0 Å². The molecule has 4 nitrogen and oxygen atoms in total. The SMILES string of the molecule is CN(C)C(c1cnn(C)c1)c1c[nH]c2ccccc12. The summed E-state index contributed by atoms with van der Waals surface area (Å²) in [4.78, 5) is 5.56. The Morgan fingerprint density at radius 2 is 2.05 bits per heavy atom. The lowest BCUT2D eigenvalue weighted by atomic mass is 10.00. The molecule has 0 aliphatic rings. The predicted octanol–water partition coefficient (Wildman–Crippen LogP) is 2.55. The minimum absolute atomic E-state index is 0.213. The van der Waals surface area contributed by atoms with Gasteiger partial charge in [0.2, 0.25) is 0 Å². The Balaban J connectivity index is 2.15. The van der Waals surface area contributed by atoms with E-state index in [4.69, 9.17) is 0 Å². The van der Waals surface area contributed by atoms with E-state index in [1.165, 1.54) is 22.0 Å². The van der Waals surface area contributed by atoms with E-state index in [1.807, 2.05) is 17.9 Å². The van der Waals surface area contributed by atoms with E-state index in [2.05, 4.69) is 65.7 Å². The highest BCUT2D eigenvalue weighted by Crippen LogP contribution is 2.31. The fourth-order valence-corrected chi connectivity index (χ4v) is 2.66. The van der Waals surface area contributed by atoms with Gasteiger partial charge in [0, 0.05) is 35.9 Å². The molecule has 0 amide bonds. The number of H-pyrrole nitrogens is 1. The third kappa shape index (κ3) is 2.04. The number of hydrogen-bond donors (Lipinski definition) is 1. The van der Waals surface area contributed by atoms with Gasteiger partial charge in [-0.3, -0.25) is 9.58 Å². The molecule has 0 bridgehead atoms. The van der Waals surface area contributed by atoms with Crippen LogP contribution in [0.3, 0.4) is 0 Å². The van der Waals surface area contributed by atoms with Gasteiger partial charge in [0.15, 0.2) is 0 Å².